The SMILES string of the molecule is C[C@@H](NC(=O)c1ccccc1)c1nc2ccccc2n1Cc1c(F)cccc1Cl. The zero-order valence-corrected chi connectivity index (χ0v) is 16.5. The number of halogens is 2. The van der Waals surface area contributed by atoms with Crippen LogP contribution in [-0.2, 0) is 6.54 Å². The Bertz CT molecular complexity index is 1150. The normalized spacial score (nSPS) is 12.1. The number of aromatic nitrogens is 2. The van der Waals surface area contributed by atoms with E-state index in [1.165, 1.54) is 6.07 Å². The van der Waals surface area contributed by atoms with E-state index in [2.05, 4.69) is 5.32 Å². The molecule has 0 aliphatic carbocycles. The van der Waals surface area contributed by atoms with Gasteiger partial charge in [-0.15, -0.1) is 0 Å². The Kier molecular flexibility index (Phi) is 5.32. The number of benzene rings is 3. The van der Waals surface area contributed by atoms with Gasteiger partial charge in [-0.1, -0.05) is 48.0 Å². The molecule has 1 amide bonds. The third kappa shape index (κ3) is 3.87. The molecule has 1 N–H and O–H groups in total. The lowest BCUT2D eigenvalue weighted by Crippen LogP contribution is -2.28. The second kappa shape index (κ2) is 8.05. The molecule has 29 heavy (non-hydrogen) atoms. The highest BCUT2D eigenvalue weighted by atomic mass is 35.5. The van der Waals surface area contributed by atoms with Gasteiger partial charge in [0.1, 0.15) is 11.6 Å². The third-order valence-corrected chi connectivity index (χ3v) is 5.19. The minimum atomic E-state index is -0.388. The molecule has 0 fully saturated rings. The van der Waals surface area contributed by atoms with E-state index < -0.39 is 0 Å². The molecule has 0 aliphatic heterocycles. The summed E-state index contributed by atoms with van der Waals surface area (Å²) >= 11 is 6.25. The predicted octanol–water partition coefficient (Wildman–Crippen LogP) is 5.37. The maximum Gasteiger partial charge on any atom is 0.251 e. The zero-order chi connectivity index (χ0) is 20.4. The summed E-state index contributed by atoms with van der Waals surface area (Å²) in [5.74, 6) is 0.0673. The molecule has 4 nitrogen and oxygen atoms in total. The summed E-state index contributed by atoms with van der Waals surface area (Å²) in [5, 5.41) is 3.34. The van der Waals surface area contributed by atoms with E-state index in [0.717, 1.165) is 11.0 Å². The van der Waals surface area contributed by atoms with Crippen molar-refractivity contribution in [2.45, 2.75) is 19.5 Å². The maximum absolute atomic E-state index is 14.4. The van der Waals surface area contributed by atoms with Crippen molar-refractivity contribution in [3.63, 3.8) is 0 Å². The van der Waals surface area contributed by atoms with Crippen LogP contribution in [0.5, 0.6) is 0 Å². The largest absolute Gasteiger partial charge is 0.342 e. The number of fused-ring (bicyclic) bond motifs is 1. The van der Waals surface area contributed by atoms with Gasteiger partial charge in [-0.2, -0.15) is 0 Å². The van der Waals surface area contributed by atoms with Gasteiger partial charge in [0.05, 0.1) is 23.6 Å². The summed E-state index contributed by atoms with van der Waals surface area (Å²) < 4.78 is 16.3. The van der Waals surface area contributed by atoms with Crippen LogP contribution in [-0.4, -0.2) is 15.5 Å². The Hall–Kier alpha value is -3.18. The molecule has 1 aromatic heterocycles. The highest BCUT2D eigenvalue weighted by Crippen LogP contribution is 2.26. The fraction of sp³-hybridized carbons (Fsp3) is 0.130. The summed E-state index contributed by atoms with van der Waals surface area (Å²) in [6.45, 7) is 2.08. The number of hydrogen-bond acceptors (Lipinski definition) is 2. The summed E-state index contributed by atoms with van der Waals surface area (Å²) in [4.78, 5) is 17.3. The van der Waals surface area contributed by atoms with Crippen LogP contribution in [0.3, 0.4) is 0 Å². The molecule has 0 saturated heterocycles. The van der Waals surface area contributed by atoms with Gasteiger partial charge in [0.25, 0.3) is 5.91 Å². The molecular formula is C23H19ClFN3O. The fourth-order valence-corrected chi connectivity index (χ4v) is 3.59. The molecule has 4 rings (SSSR count). The van der Waals surface area contributed by atoms with E-state index in [9.17, 15) is 9.18 Å². The van der Waals surface area contributed by atoms with Gasteiger partial charge in [0, 0.05) is 16.1 Å². The Morgan fingerprint density at radius 2 is 1.79 bits per heavy atom. The van der Waals surface area contributed by atoms with Crippen LogP contribution in [0.2, 0.25) is 5.02 Å². The number of carbonyl (C=O) groups is 1. The molecule has 0 saturated carbocycles. The molecule has 6 heteroatoms. The average Bonchev–Trinajstić information content (AvgIpc) is 3.10. The number of para-hydroxylation sites is 2. The Labute approximate surface area is 173 Å². The van der Waals surface area contributed by atoms with Gasteiger partial charge >= 0.3 is 0 Å². The van der Waals surface area contributed by atoms with Crippen molar-refractivity contribution in [3.8, 4) is 0 Å². The van der Waals surface area contributed by atoms with Crippen molar-refractivity contribution in [3.05, 3.63) is 101 Å². The van der Waals surface area contributed by atoms with Crippen LogP contribution in [0, 0.1) is 5.82 Å². The van der Waals surface area contributed by atoms with Crippen LogP contribution in [0.25, 0.3) is 11.0 Å². The maximum atomic E-state index is 14.4. The number of imidazole rings is 1. The highest BCUT2D eigenvalue weighted by Gasteiger charge is 2.20. The zero-order valence-electron chi connectivity index (χ0n) is 15.8. The fourth-order valence-electron chi connectivity index (χ4n) is 3.37. The predicted molar refractivity (Wildman–Crippen MR) is 113 cm³/mol. The quantitative estimate of drug-likeness (QED) is 0.483. The molecule has 3 aromatic carbocycles. The van der Waals surface area contributed by atoms with Crippen LogP contribution >= 0.6 is 11.6 Å². The van der Waals surface area contributed by atoms with Crippen molar-refractivity contribution >= 4 is 28.5 Å². The standard InChI is InChI=1S/C23H19ClFN3O/c1-15(26-23(29)16-8-3-2-4-9-16)22-27-20-12-5-6-13-21(20)28(22)14-17-18(24)10-7-11-19(17)25/h2-13,15H,14H2,1H3,(H,26,29)/t15-/m1/s1. The Morgan fingerprint density at radius 3 is 2.55 bits per heavy atom. The van der Waals surface area contributed by atoms with Crippen molar-refractivity contribution in [1.29, 1.82) is 0 Å². The van der Waals surface area contributed by atoms with Crippen LogP contribution in [0.1, 0.15) is 34.7 Å². The molecule has 4 aromatic rings. The van der Waals surface area contributed by atoms with Gasteiger partial charge in [0.15, 0.2) is 0 Å². The molecule has 0 radical (unpaired) electrons. The number of nitrogens with zero attached hydrogens (tertiary/aromatic N) is 2. The van der Waals surface area contributed by atoms with E-state index in [1.54, 1.807) is 24.3 Å². The summed E-state index contributed by atoms with van der Waals surface area (Å²) in [6, 6.07) is 20.9. The molecule has 0 bridgehead atoms. The first kappa shape index (κ1) is 19.2. The van der Waals surface area contributed by atoms with Gasteiger partial charge in [-0.05, 0) is 43.3 Å². The molecule has 1 heterocycles. The molecule has 0 spiro atoms. The van der Waals surface area contributed by atoms with Crippen molar-refractivity contribution in [2.75, 3.05) is 0 Å². The van der Waals surface area contributed by atoms with E-state index >= 15 is 0 Å². The smallest absolute Gasteiger partial charge is 0.251 e. The lowest BCUT2D eigenvalue weighted by Gasteiger charge is -2.17. The lowest BCUT2D eigenvalue weighted by molar-refractivity contribution is 0.0937. The molecule has 1 atom stereocenters. The summed E-state index contributed by atoms with van der Waals surface area (Å²) in [7, 11) is 0. The van der Waals surface area contributed by atoms with E-state index in [0.29, 0.717) is 22.0 Å². The minimum Gasteiger partial charge on any atom is -0.342 e. The van der Waals surface area contributed by atoms with Crippen LogP contribution < -0.4 is 5.32 Å². The Morgan fingerprint density at radius 1 is 1.07 bits per heavy atom. The van der Waals surface area contributed by atoms with Crippen LogP contribution in [0.4, 0.5) is 4.39 Å². The van der Waals surface area contributed by atoms with E-state index in [-0.39, 0.29) is 24.3 Å². The topological polar surface area (TPSA) is 46.9 Å². The minimum absolute atomic E-state index is 0.194. The third-order valence-electron chi connectivity index (χ3n) is 4.83. The average molecular weight is 408 g/mol. The number of rotatable bonds is 5. The number of amides is 1. The lowest BCUT2D eigenvalue weighted by atomic mass is 10.2. The van der Waals surface area contributed by atoms with Crippen molar-refractivity contribution < 1.29 is 9.18 Å². The van der Waals surface area contributed by atoms with Gasteiger partial charge < -0.3 is 9.88 Å². The van der Waals surface area contributed by atoms with Gasteiger partial charge in [0.2, 0.25) is 0 Å². The monoisotopic (exact) mass is 407 g/mol. The summed E-state index contributed by atoms with van der Waals surface area (Å²) in [5.41, 5.74) is 2.58. The number of carbonyl (C=O) groups excluding carboxylic acids is 1. The first-order chi connectivity index (χ1) is 14.0. The number of nitrogens with one attached hydrogen (secondary N) is 1. The van der Waals surface area contributed by atoms with Gasteiger partial charge in [-0.3, -0.25) is 4.79 Å². The first-order valence-corrected chi connectivity index (χ1v) is 9.66. The Balaban J connectivity index is 1.72. The molecule has 0 aliphatic rings. The first-order valence-electron chi connectivity index (χ1n) is 9.28. The van der Waals surface area contributed by atoms with E-state index in [4.69, 9.17) is 16.6 Å². The summed E-state index contributed by atoms with van der Waals surface area (Å²) in [6.07, 6.45) is 0. The van der Waals surface area contributed by atoms with Gasteiger partial charge in [-0.25, -0.2) is 9.37 Å². The van der Waals surface area contributed by atoms with E-state index in [1.807, 2.05) is 54.0 Å². The second-order valence-corrected chi connectivity index (χ2v) is 7.21. The van der Waals surface area contributed by atoms with Crippen LogP contribution in [0.15, 0.2) is 72.8 Å². The van der Waals surface area contributed by atoms with Crippen molar-refractivity contribution in [2.24, 2.45) is 0 Å². The molecule has 0 unspecified atom stereocenters. The van der Waals surface area contributed by atoms with Crippen molar-refractivity contribution in [1.82, 2.24) is 14.9 Å². The second-order valence-electron chi connectivity index (χ2n) is 6.81. The highest BCUT2D eigenvalue weighted by molar-refractivity contribution is 6.31. The number of hydrogen-bond donors (Lipinski definition) is 1. The molecule has 146 valence electrons. The molecular weight excluding hydrogens is 389 g/mol.